The second-order valence-corrected chi connectivity index (χ2v) is 8.43. The molecule has 1 aliphatic rings. The van der Waals surface area contributed by atoms with Gasteiger partial charge in [-0.25, -0.2) is 0 Å². The third-order valence-electron chi connectivity index (χ3n) is 5.83. The molecule has 1 rings (SSSR count). The number of allylic oxidation sites excluding steroid dienone is 1. The molecule has 170 valence electrons. The molecule has 3 unspecified atom stereocenters. The van der Waals surface area contributed by atoms with Crippen LogP contribution in [0.3, 0.4) is 0 Å². The maximum atomic E-state index is 11.7. The lowest BCUT2D eigenvalue weighted by molar-refractivity contribution is -0.195. The molecule has 0 aromatic heterocycles. The van der Waals surface area contributed by atoms with Crippen molar-refractivity contribution in [1.29, 1.82) is 0 Å². The average Bonchev–Trinajstić information content (AvgIpc) is 2.71. The average molecular weight is 413 g/mol. The standard InChI is InChI=1S/C24H44O5/c1-3-5-7-8-9-10-11-12-16-21(24(26)27)22(25)19-20(15-6-4-2)29-23-17-13-14-18-28-23/h4,20-23,25H,2-3,5-19H2,1H3,(H,26,27)/t20?,21-,22?,23?/m1/s1. The normalized spacial score (nSPS) is 20.1. The van der Waals surface area contributed by atoms with Gasteiger partial charge >= 0.3 is 5.97 Å². The first-order valence-corrected chi connectivity index (χ1v) is 11.9. The predicted molar refractivity (Wildman–Crippen MR) is 117 cm³/mol. The van der Waals surface area contributed by atoms with Crippen molar-refractivity contribution in [2.24, 2.45) is 5.92 Å². The molecule has 0 bridgehead atoms. The van der Waals surface area contributed by atoms with Gasteiger partial charge in [0.1, 0.15) is 0 Å². The molecule has 0 aliphatic carbocycles. The van der Waals surface area contributed by atoms with Crippen LogP contribution in [0.4, 0.5) is 0 Å². The van der Waals surface area contributed by atoms with Gasteiger partial charge in [-0.3, -0.25) is 4.79 Å². The summed E-state index contributed by atoms with van der Waals surface area (Å²) in [6, 6.07) is 0. The molecule has 4 atom stereocenters. The van der Waals surface area contributed by atoms with Crippen LogP contribution in [0, 0.1) is 5.92 Å². The van der Waals surface area contributed by atoms with E-state index < -0.39 is 18.0 Å². The van der Waals surface area contributed by atoms with E-state index in [1.165, 1.54) is 32.1 Å². The van der Waals surface area contributed by atoms with Gasteiger partial charge in [-0.15, -0.1) is 6.58 Å². The monoisotopic (exact) mass is 412 g/mol. The number of carboxylic acid groups (broad SMARTS) is 1. The second-order valence-electron chi connectivity index (χ2n) is 8.43. The van der Waals surface area contributed by atoms with Crippen molar-refractivity contribution in [3.8, 4) is 0 Å². The number of rotatable bonds is 18. The van der Waals surface area contributed by atoms with Crippen LogP contribution in [0.5, 0.6) is 0 Å². The van der Waals surface area contributed by atoms with Crippen molar-refractivity contribution < 1.29 is 24.5 Å². The predicted octanol–water partition coefficient (Wildman–Crippen LogP) is 5.85. The molecule has 0 saturated carbocycles. The first-order valence-electron chi connectivity index (χ1n) is 11.9. The molecule has 0 aromatic carbocycles. The van der Waals surface area contributed by atoms with Crippen molar-refractivity contribution >= 4 is 5.97 Å². The molecule has 0 aromatic rings. The number of hydrogen-bond acceptors (Lipinski definition) is 4. The van der Waals surface area contributed by atoms with Gasteiger partial charge in [-0.1, -0.05) is 64.4 Å². The summed E-state index contributed by atoms with van der Waals surface area (Å²) in [6.45, 7) is 6.68. The summed E-state index contributed by atoms with van der Waals surface area (Å²) in [7, 11) is 0. The van der Waals surface area contributed by atoms with Crippen LogP contribution in [-0.4, -0.2) is 41.3 Å². The van der Waals surface area contributed by atoms with E-state index in [1.54, 1.807) is 0 Å². The van der Waals surface area contributed by atoms with E-state index in [0.717, 1.165) is 51.4 Å². The molecule has 5 nitrogen and oxygen atoms in total. The highest BCUT2D eigenvalue weighted by molar-refractivity contribution is 5.70. The number of carbonyl (C=O) groups is 1. The Labute approximate surface area is 177 Å². The zero-order valence-corrected chi connectivity index (χ0v) is 18.5. The van der Waals surface area contributed by atoms with Crippen LogP contribution < -0.4 is 0 Å². The summed E-state index contributed by atoms with van der Waals surface area (Å²) in [5, 5.41) is 20.3. The molecule has 29 heavy (non-hydrogen) atoms. The number of hydrogen-bond donors (Lipinski definition) is 2. The highest BCUT2D eigenvalue weighted by Gasteiger charge is 2.30. The van der Waals surface area contributed by atoms with E-state index in [-0.39, 0.29) is 12.4 Å². The second kappa shape index (κ2) is 16.8. The van der Waals surface area contributed by atoms with E-state index in [9.17, 15) is 15.0 Å². The number of aliphatic carboxylic acids is 1. The summed E-state index contributed by atoms with van der Waals surface area (Å²) in [4.78, 5) is 11.7. The first kappa shape index (κ1) is 26.1. The van der Waals surface area contributed by atoms with Gasteiger partial charge in [-0.05, 0) is 38.5 Å². The Hall–Kier alpha value is -0.910. The zero-order valence-electron chi connectivity index (χ0n) is 18.5. The summed E-state index contributed by atoms with van der Waals surface area (Å²) >= 11 is 0. The molecule has 0 spiro atoms. The minimum atomic E-state index is -0.906. The number of aliphatic hydroxyl groups excluding tert-OH is 1. The van der Waals surface area contributed by atoms with Crippen LogP contribution in [0.15, 0.2) is 12.7 Å². The van der Waals surface area contributed by atoms with E-state index in [4.69, 9.17) is 9.47 Å². The molecule has 0 amide bonds. The van der Waals surface area contributed by atoms with Crippen molar-refractivity contribution in [2.75, 3.05) is 6.61 Å². The summed E-state index contributed by atoms with van der Waals surface area (Å²) in [5.41, 5.74) is 0. The van der Waals surface area contributed by atoms with Gasteiger partial charge in [0, 0.05) is 13.0 Å². The maximum absolute atomic E-state index is 11.7. The van der Waals surface area contributed by atoms with Crippen LogP contribution in [0.1, 0.15) is 103 Å². The van der Waals surface area contributed by atoms with Gasteiger partial charge in [0.2, 0.25) is 0 Å². The third-order valence-corrected chi connectivity index (χ3v) is 5.83. The summed E-state index contributed by atoms with van der Waals surface area (Å²) < 4.78 is 11.7. The molecule has 1 fully saturated rings. The van der Waals surface area contributed by atoms with E-state index >= 15 is 0 Å². The van der Waals surface area contributed by atoms with Gasteiger partial charge in [-0.2, -0.15) is 0 Å². The number of unbranched alkanes of at least 4 members (excludes halogenated alkanes) is 7. The topological polar surface area (TPSA) is 76.0 Å². The van der Waals surface area contributed by atoms with Gasteiger partial charge in [0.15, 0.2) is 6.29 Å². The summed E-state index contributed by atoms with van der Waals surface area (Å²) in [5.74, 6) is -1.63. The lowest BCUT2D eigenvalue weighted by Gasteiger charge is -2.30. The Morgan fingerprint density at radius 3 is 2.41 bits per heavy atom. The van der Waals surface area contributed by atoms with E-state index in [2.05, 4.69) is 13.5 Å². The van der Waals surface area contributed by atoms with Crippen LogP contribution in [0.2, 0.25) is 0 Å². The number of ether oxygens (including phenoxy) is 2. The zero-order chi connectivity index (χ0) is 21.3. The van der Waals surface area contributed by atoms with Crippen molar-refractivity contribution in [1.82, 2.24) is 0 Å². The van der Waals surface area contributed by atoms with Gasteiger partial charge in [0.05, 0.1) is 18.1 Å². The first-order chi connectivity index (χ1) is 14.1. The van der Waals surface area contributed by atoms with Gasteiger partial charge < -0.3 is 19.7 Å². The largest absolute Gasteiger partial charge is 0.481 e. The quantitative estimate of drug-likeness (QED) is 0.218. The lowest BCUT2D eigenvalue weighted by atomic mass is 9.90. The van der Waals surface area contributed by atoms with Crippen molar-refractivity contribution in [2.45, 2.75) is 122 Å². The molecular formula is C24H44O5. The van der Waals surface area contributed by atoms with E-state index in [1.807, 2.05) is 6.08 Å². The highest BCUT2D eigenvalue weighted by atomic mass is 16.7. The minimum Gasteiger partial charge on any atom is -0.481 e. The van der Waals surface area contributed by atoms with Crippen LogP contribution in [0.25, 0.3) is 0 Å². The van der Waals surface area contributed by atoms with Crippen LogP contribution >= 0.6 is 0 Å². The molecule has 1 saturated heterocycles. The molecule has 2 N–H and O–H groups in total. The smallest absolute Gasteiger partial charge is 0.309 e. The van der Waals surface area contributed by atoms with Gasteiger partial charge in [0.25, 0.3) is 0 Å². The van der Waals surface area contributed by atoms with E-state index in [0.29, 0.717) is 19.4 Å². The fourth-order valence-electron chi connectivity index (χ4n) is 3.99. The number of carboxylic acids is 1. The Balaban J connectivity index is 2.40. The molecular weight excluding hydrogens is 368 g/mol. The Bertz CT molecular complexity index is 419. The fraction of sp³-hybridized carbons (Fsp3) is 0.875. The molecule has 1 heterocycles. The highest BCUT2D eigenvalue weighted by Crippen LogP contribution is 2.24. The van der Waals surface area contributed by atoms with Crippen molar-refractivity contribution in [3.63, 3.8) is 0 Å². The van der Waals surface area contributed by atoms with Crippen LogP contribution in [-0.2, 0) is 14.3 Å². The lowest BCUT2D eigenvalue weighted by Crippen LogP contribution is -2.35. The summed E-state index contributed by atoms with van der Waals surface area (Å²) in [6.07, 6.45) is 15.2. The maximum Gasteiger partial charge on any atom is 0.309 e. The molecule has 0 radical (unpaired) electrons. The molecule has 5 heteroatoms. The third kappa shape index (κ3) is 12.4. The minimum absolute atomic E-state index is 0.202. The fourth-order valence-corrected chi connectivity index (χ4v) is 3.99. The number of aliphatic hydroxyl groups is 1. The SMILES string of the molecule is C=CCCC(CC(O)[C@@H](CCCCCCCCCC)C(=O)O)OC1CCCCO1. The Morgan fingerprint density at radius 2 is 1.83 bits per heavy atom. The Morgan fingerprint density at radius 1 is 1.14 bits per heavy atom. The van der Waals surface area contributed by atoms with Crippen molar-refractivity contribution in [3.05, 3.63) is 12.7 Å². The molecule has 1 aliphatic heterocycles. The Kier molecular flexibility index (Phi) is 15.2.